The monoisotopic (exact) mass is 301 g/mol. The maximum atomic E-state index is 4.52. The van der Waals surface area contributed by atoms with E-state index in [1.807, 2.05) is 20.8 Å². The van der Waals surface area contributed by atoms with Crippen LogP contribution in [0.2, 0.25) is 0 Å². The van der Waals surface area contributed by atoms with Crippen molar-refractivity contribution in [1.82, 2.24) is 30.1 Å². The van der Waals surface area contributed by atoms with Gasteiger partial charge in [-0.15, -0.1) is 0 Å². The first-order valence-electron chi connectivity index (χ1n) is 6.47. The Morgan fingerprint density at radius 3 is 2.43 bits per heavy atom. The van der Waals surface area contributed by atoms with Crippen molar-refractivity contribution >= 4 is 28.7 Å². The van der Waals surface area contributed by atoms with Gasteiger partial charge >= 0.3 is 0 Å². The number of aromatic nitrogens is 6. The van der Waals surface area contributed by atoms with Crippen LogP contribution < -0.4 is 5.32 Å². The lowest BCUT2D eigenvalue weighted by atomic mass is 10.2. The quantitative estimate of drug-likeness (QED) is 0.566. The van der Waals surface area contributed by atoms with Gasteiger partial charge in [0.25, 0.3) is 0 Å². The molecule has 8 heteroatoms. The van der Waals surface area contributed by atoms with Gasteiger partial charge in [0.1, 0.15) is 5.03 Å². The Morgan fingerprint density at radius 2 is 1.76 bits per heavy atom. The van der Waals surface area contributed by atoms with Crippen LogP contribution in [0.1, 0.15) is 17.0 Å². The van der Waals surface area contributed by atoms with Crippen molar-refractivity contribution in [2.45, 2.75) is 31.0 Å². The van der Waals surface area contributed by atoms with Gasteiger partial charge in [0.2, 0.25) is 5.95 Å². The van der Waals surface area contributed by atoms with Crippen molar-refractivity contribution in [2.75, 3.05) is 12.4 Å². The number of fused-ring (bicyclic) bond motifs is 1. The van der Waals surface area contributed by atoms with E-state index < -0.39 is 0 Å². The summed E-state index contributed by atoms with van der Waals surface area (Å²) in [5.74, 6) is 0.537. The molecular weight excluding hydrogens is 286 g/mol. The molecule has 3 rings (SSSR count). The molecule has 0 saturated heterocycles. The third kappa shape index (κ3) is 2.54. The third-order valence-electron chi connectivity index (χ3n) is 3.30. The molecule has 0 atom stereocenters. The van der Waals surface area contributed by atoms with Gasteiger partial charge in [-0.05, 0) is 38.1 Å². The zero-order valence-electron chi connectivity index (χ0n) is 12.2. The highest BCUT2D eigenvalue weighted by atomic mass is 32.2. The summed E-state index contributed by atoms with van der Waals surface area (Å²) in [6.07, 6.45) is 1.71. The minimum atomic E-state index is 0.537. The second-order valence-electron chi connectivity index (χ2n) is 4.64. The summed E-state index contributed by atoms with van der Waals surface area (Å²) in [5, 5.41) is 12.1. The summed E-state index contributed by atoms with van der Waals surface area (Å²) >= 11 is 1.41. The number of anilines is 1. The Morgan fingerprint density at radius 1 is 1.05 bits per heavy atom. The van der Waals surface area contributed by atoms with E-state index in [2.05, 4.69) is 35.5 Å². The van der Waals surface area contributed by atoms with E-state index in [1.54, 1.807) is 13.2 Å². The maximum absolute atomic E-state index is 4.52. The molecule has 0 spiro atoms. The minimum absolute atomic E-state index is 0.537. The molecule has 0 saturated carbocycles. The predicted molar refractivity (Wildman–Crippen MR) is 81.6 cm³/mol. The summed E-state index contributed by atoms with van der Waals surface area (Å²) < 4.78 is 0. The molecular formula is C13H15N7S. The maximum Gasteiger partial charge on any atom is 0.225 e. The van der Waals surface area contributed by atoms with Crippen molar-refractivity contribution < 1.29 is 0 Å². The Hall–Kier alpha value is -2.22. The van der Waals surface area contributed by atoms with E-state index in [0.29, 0.717) is 16.8 Å². The molecule has 0 fully saturated rings. The highest BCUT2D eigenvalue weighted by Crippen LogP contribution is 2.30. The second kappa shape index (κ2) is 5.28. The van der Waals surface area contributed by atoms with Crippen LogP contribution in [0.15, 0.2) is 16.4 Å². The summed E-state index contributed by atoms with van der Waals surface area (Å²) in [4.78, 5) is 17.8. The van der Waals surface area contributed by atoms with E-state index in [9.17, 15) is 0 Å². The van der Waals surface area contributed by atoms with Gasteiger partial charge in [-0.3, -0.25) is 5.10 Å². The predicted octanol–water partition coefficient (Wildman–Crippen LogP) is 2.26. The topological polar surface area (TPSA) is 92.3 Å². The van der Waals surface area contributed by atoms with Crippen molar-refractivity contribution in [3.05, 3.63) is 23.1 Å². The molecule has 3 aromatic heterocycles. The van der Waals surface area contributed by atoms with Crippen LogP contribution in [-0.4, -0.2) is 37.2 Å². The van der Waals surface area contributed by atoms with Crippen LogP contribution in [0.25, 0.3) is 11.0 Å². The Bertz CT molecular complexity index is 788. The minimum Gasteiger partial charge on any atom is -0.357 e. The fourth-order valence-electron chi connectivity index (χ4n) is 1.87. The number of aryl methyl sites for hydroxylation is 2. The van der Waals surface area contributed by atoms with E-state index in [-0.39, 0.29) is 0 Å². The van der Waals surface area contributed by atoms with Crippen LogP contribution >= 0.6 is 11.8 Å². The van der Waals surface area contributed by atoms with Crippen molar-refractivity contribution in [1.29, 1.82) is 0 Å². The second-order valence-corrected chi connectivity index (χ2v) is 5.59. The number of nitrogens with zero attached hydrogens (tertiary/aromatic N) is 5. The van der Waals surface area contributed by atoms with Gasteiger partial charge in [-0.25, -0.2) is 15.0 Å². The van der Waals surface area contributed by atoms with Gasteiger partial charge in [-0.1, -0.05) is 0 Å². The largest absolute Gasteiger partial charge is 0.357 e. The first kappa shape index (κ1) is 13.7. The molecule has 0 aliphatic carbocycles. The summed E-state index contributed by atoms with van der Waals surface area (Å²) in [7, 11) is 1.78. The highest BCUT2D eigenvalue weighted by molar-refractivity contribution is 7.99. The lowest BCUT2D eigenvalue weighted by molar-refractivity contribution is 0.879. The van der Waals surface area contributed by atoms with E-state index in [4.69, 9.17) is 0 Å². The molecule has 0 unspecified atom stereocenters. The van der Waals surface area contributed by atoms with Crippen LogP contribution in [0, 0.1) is 20.8 Å². The van der Waals surface area contributed by atoms with Crippen molar-refractivity contribution in [3.63, 3.8) is 0 Å². The third-order valence-corrected chi connectivity index (χ3v) is 4.17. The fraction of sp³-hybridized carbons (Fsp3) is 0.308. The lowest BCUT2D eigenvalue weighted by Gasteiger charge is -2.07. The zero-order chi connectivity index (χ0) is 15.0. The molecule has 21 heavy (non-hydrogen) atoms. The number of H-pyrrole nitrogens is 1. The van der Waals surface area contributed by atoms with Gasteiger partial charge < -0.3 is 5.32 Å². The van der Waals surface area contributed by atoms with E-state index in [1.165, 1.54) is 11.8 Å². The fourth-order valence-corrected chi connectivity index (χ4v) is 2.80. The van der Waals surface area contributed by atoms with Gasteiger partial charge in [0, 0.05) is 18.4 Å². The van der Waals surface area contributed by atoms with Gasteiger partial charge in [-0.2, -0.15) is 10.1 Å². The number of hydrogen-bond donors (Lipinski definition) is 2. The zero-order valence-corrected chi connectivity index (χ0v) is 13.0. The number of aromatic amines is 1. The SMILES string of the molecule is CNc1nc(Sc2nc(C)c(C)c(C)n2)c2cn[nH]c2n1. The van der Waals surface area contributed by atoms with Crippen LogP contribution in [0.5, 0.6) is 0 Å². The van der Waals surface area contributed by atoms with Crippen molar-refractivity contribution in [2.24, 2.45) is 0 Å². The van der Waals surface area contributed by atoms with Crippen LogP contribution in [-0.2, 0) is 0 Å². The molecule has 3 aromatic rings. The van der Waals surface area contributed by atoms with E-state index >= 15 is 0 Å². The first-order valence-corrected chi connectivity index (χ1v) is 7.28. The molecule has 108 valence electrons. The molecule has 7 nitrogen and oxygen atoms in total. The Labute approximate surface area is 126 Å². The molecule has 0 aliphatic rings. The van der Waals surface area contributed by atoms with Crippen LogP contribution in [0.4, 0.5) is 5.95 Å². The summed E-state index contributed by atoms with van der Waals surface area (Å²) in [5.41, 5.74) is 3.77. The molecule has 0 bridgehead atoms. The average Bonchev–Trinajstić information content (AvgIpc) is 2.93. The Balaban J connectivity index is 2.07. The number of hydrogen-bond acceptors (Lipinski definition) is 7. The molecule has 3 heterocycles. The Kier molecular flexibility index (Phi) is 3.46. The number of nitrogens with one attached hydrogen (secondary N) is 2. The average molecular weight is 301 g/mol. The number of rotatable bonds is 3. The summed E-state index contributed by atoms with van der Waals surface area (Å²) in [6, 6.07) is 0. The normalized spacial score (nSPS) is 11.0. The van der Waals surface area contributed by atoms with Crippen LogP contribution in [0.3, 0.4) is 0 Å². The standard InChI is InChI=1S/C13H15N7S/c1-6-7(2)16-13(17-8(6)3)21-11-9-5-15-20-10(9)18-12(14-4)19-11/h5H,1-4H3,(H2,14,15,18,19,20). The molecule has 0 aliphatic heterocycles. The molecule has 0 radical (unpaired) electrons. The smallest absolute Gasteiger partial charge is 0.225 e. The van der Waals surface area contributed by atoms with Gasteiger partial charge in [0.15, 0.2) is 10.8 Å². The van der Waals surface area contributed by atoms with Gasteiger partial charge in [0.05, 0.1) is 11.6 Å². The summed E-state index contributed by atoms with van der Waals surface area (Å²) in [6.45, 7) is 6.00. The highest BCUT2D eigenvalue weighted by Gasteiger charge is 2.13. The van der Waals surface area contributed by atoms with E-state index in [0.717, 1.165) is 27.4 Å². The lowest BCUT2D eigenvalue weighted by Crippen LogP contribution is -2.00. The molecule has 0 amide bonds. The van der Waals surface area contributed by atoms with Crippen molar-refractivity contribution in [3.8, 4) is 0 Å². The first-order chi connectivity index (χ1) is 10.1. The molecule has 2 N–H and O–H groups in total. The molecule has 0 aromatic carbocycles.